The number of aliphatic hydroxyl groups is 1. The van der Waals surface area contributed by atoms with E-state index in [1.165, 1.54) is 25.3 Å². The van der Waals surface area contributed by atoms with Crippen LogP contribution in [0.3, 0.4) is 0 Å². The van der Waals surface area contributed by atoms with Crippen molar-refractivity contribution in [2.75, 3.05) is 5.32 Å². The molecule has 0 saturated heterocycles. The first-order chi connectivity index (χ1) is 8.15. The number of aliphatic hydroxyl groups excluding tert-OH is 1. The molecule has 0 radical (unpaired) electrons. The van der Waals surface area contributed by atoms with Crippen LogP contribution in [-0.2, 0) is 11.2 Å². The summed E-state index contributed by atoms with van der Waals surface area (Å²) in [6.07, 6.45) is 3.97. The van der Waals surface area contributed by atoms with E-state index < -0.39 is 0 Å². The highest BCUT2D eigenvalue weighted by atomic mass is 16.3. The van der Waals surface area contributed by atoms with Gasteiger partial charge in [0.2, 0.25) is 5.91 Å². The molecule has 0 spiro atoms. The van der Waals surface area contributed by atoms with Crippen LogP contribution in [0.15, 0.2) is 24.3 Å². The van der Waals surface area contributed by atoms with Crippen molar-refractivity contribution in [2.45, 2.75) is 38.7 Å². The Morgan fingerprint density at radius 3 is 2.59 bits per heavy atom. The highest BCUT2D eigenvalue weighted by Crippen LogP contribution is 2.34. The van der Waals surface area contributed by atoms with E-state index >= 15 is 0 Å². The SMILES string of the molecule is CC(=O)Nc1ccc(CC[C@H](O)C2CC2)cc1. The molecule has 1 amide bonds. The average Bonchev–Trinajstić information content (AvgIpc) is 3.11. The van der Waals surface area contributed by atoms with Gasteiger partial charge in [-0.2, -0.15) is 0 Å². The third kappa shape index (κ3) is 3.86. The lowest BCUT2D eigenvalue weighted by Crippen LogP contribution is -2.10. The van der Waals surface area contributed by atoms with Crippen LogP contribution in [-0.4, -0.2) is 17.1 Å². The maximum atomic E-state index is 10.9. The third-order valence-electron chi connectivity index (χ3n) is 3.17. The van der Waals surface area contributed by atoms with Crippen LogP contribution >= 0.6 is 0 Å². The fourth-order valence-electron chi connectivity index (χ4n) is 1.99. The van der Waals surface area contributed by atoms with Crippen molar-refractivity contribution in [3.63, 3.8) is 0 Å². The van der Waals surface area contributed by atoms with Crippen LogP contribution in [0.4, 0.5) is 5.69 Å². The van der Waals surface area contributed by atoms with E-state index in [-0.39, 0.29) is 12.0 Å². The smallest absolute Gasteiger partial charge is 0.221 e. The first kappa shape index (κ1) is 12.1. The average molecular weight is 233 g/mol. The van der Waals surface area contributed by atoms with Crippen molar-refractivity contribution in [3.8, 4) is 0 Å². The summed E-state index contributed by atoms with van der Waals surface area (Å²) in [5.74, 6) is 0.496. The topological polar surface area (TPSA) is 49.3 Å². The summed E-state index contributed by atoms with van der Waals surface area (Å²) in [7, 11) is 0. The molecule has 1 aliphatic rings. The molecule has 3 heteroatoms. The summed E-state index contributed by atoms with van der Waals surface area (Å²) >= 11 is 0. The summed E-state index contributed by atoms with van der Waals surface area (Å²) in [5, 5.41) is 12.5. The Morgan fingerprint density at radius 1 is 1.41 bits per heavy atom. The van der Waals surface area contributed by atoms with E-state index in [0.29, 0.717) is 5.92 Å². The first-order valence-electron chi connectivity index (χ1n) is 6.20. The minimum atomic E-state index is -0.134. The number of anilines is 1. The van der Waals surface area contributed by atoms with E-state index in [2.05, 4.69) is 5.32 Å². The molecule has 0 aliphatic heterocycles. The highest BCUT2D eigenvalue weighted by molar-refractivity contribution is 5.88. The number of aryl methyl sites for hydroxylation is 1. The molecular formula is C14H19NO2. The number of carbonyl (C=O) groups is 1. The van der Waals surface area contributed by atoms with E-state index in [9.17, 15) is 9.90 Å². The predicted molar refractivity (Wildman–Crippen MR) is 67.8 cm³/mol. The molecular weight excluding hydrogens is 214 g/mol. The van der Waals surface area contributed by atoms with Crippen LogP contribution in [0.1, 0.15) is 31.7 Å². The van der Waals surface area contributed by atoms with Gasteiger partial charge in [0.1, 0.15) is 0 Å². The minimum Gasteiger partial charge on any atom is -0.393 e. The van der Waals surface area contributed by atoms with Crippen molar-refractivity contribution in [1.29, 1.82) is 0 Å². The lowest BCUT2D eigenvalue weighted by Gasteiger charge is -2.09. The number of hydrogen-bond donors (Lipinski definition) is 2. The second-order valence-electron chi connectivity index (χ2n) is 4.82. The summed E-state index contributed by atoms with van der Waals surface area (Å²) in [5.41, 5.74) is 2.03. The Balaban J connectivity index is 1.82. The van der Waals surface area contributed by atoms with Gasteiger partial charge in [-0.25, -0.2) is 0 Å². The molecule has 17 heavy (non-hydrogen) atoms. The van der Waals surface area contributed by atoms with Gasteiger partial charge in [-0.15, -0.1) is 0 Å². The zero-order chi connectivity index (χ0) is 12.3. The summed E-state index contributed by atoms with van der Waals surface area (Å²) in [4.78, 5) is 10.9. The van der Waals surface area contributed by atoms with Crippen LogP contribution in [0.2, 0.25) is 0 Å². The van der Waals surface area contributed by atoms with Gasteiger partial charge in [-0.1, -0.05) is 12.1 Å². The summed E-state index contributed by atoms with van der Waals surface area (Å²) in [6, 6.07) is 7.82. The van der Waals surface area contributed by atoms with Gasteiger partial charge in [-0.05, 0) is 49.3 Å². The standard InChI is InChI=1S/C14H19NO2/c1-10(16)15-13-7-2-11(3-8-13)4-9-14(17)12-5-6-12/h2-3,7-8,12,14,17H,4-6,9H2,1H3,(H,15,16)/t14-/m0/s1. The van der Waals surface area contributed by atoms with Gasteiger partial charge >= 0.3 is 0 Å². The number of nitrogens with one attached hydrogen (secondary N) is 1. The van der Waals surface area contributed by atoms with Crippen LogP contribution < -0.4 is 5.32 Å². The third-order valence-corrected chi connectivity index (χ3v) is 3.17. The van der Waals surface area contributed by atoms with Crippen LogP contribution in [0, 0.1) is 5.92 Å². The van der Waals surface area contributed by atoms with Crippen molar-refractivity contribution in [2.24, 2.45) is 5.92 Å². The molecule has 1 atom stereocenters. The highest BCUT2D eigenvalue weighted by Gasteiger charge is 2.28. The number of benzene rings is 1. The molecule has 92 valence electrons. The summed E-state index contributed by atoms with van der Waals surface area (Å²) in [6.45, 7) is 1.50. The second kappa shape index (κ2) is 5.32. The van der Waals surface area contributed by atoms with E-state index in [0.717, 1.165) is 18.5 Å². The molecule has 0 aromatic heterocycles. The minimum absolute atomic E-state index is 0.0538. The Morgan fingerprint density at radius 2 is 2.06 bits per heavy atom. The monoisotopic (exact) mass is 233 g/mol. The van der Waals surface area contributed by atoms with Gasteiger partial charge in [0, 0.05) is 12.6 Å². The van der Waals surface area contributed by atoms with E-state index in [1.807, 2.05) is 24.3 Å². The number of rotatable bonds is 5. The van der Waals surface area contributed by atoms with Gasteiger partial charge in [0.15, 0.2) is 0 Å². The molecule has 0 heterocycles. The maximum Gasteiger partial charge on any atom is 0.221 e. The molecule has 1 saturated carbocycles. The molecule has 1 aromatic rings. The second-order valence-corrected chi connectivity index (χ2v) is 4.82. The molecule has 1 fully saturated rings. The lowest BCUT2D eigenvalue weighted by molar-refractivity contribution is -0.114. The zero-order valence-electron chi connectivity index (χ0n) is 10.1. The van der Waals surface area contributed by atoms with E-state index in [4.69, 9.17) is 0 Å². The molecule has 0 unspecified atom stereocenters. The van der Waals surface area contributed by atoms with Crippen molar-refractivity contribution < 1.29 is 9.90 Å². The lowest BCUT2D eigenvalue weighted by atomic mass is 10.0. The molecule has 3 nitrogen and oxygen atoms in total. The fourth-order valence-corrected chi connectivity index (χ4v) is 1.99. The normalized spacial score (nSPS) is 16.6. The molecule has 2 rings (SSSR count). The van der Waals surface area contributed by atoms with Crippen molar-refractivity contribution in [1.82, 2.24) is 0 Å². The van der Waals surface area contributed by atoms with Gasteiger partial charge in [0.05, 0.1) is 6.10 Å². The predicted octanol–water partition coefficient (Wildman–Crippen LogP) is 2.35. The van der Waals surface area contributed by atoms with Crippen LogP contribution in [0.25, 0.3) is 0 Å². The first-order valence-corrected chi connectivity index (χ1v) is 6.20. The molecule has 1 aliphatic carbocycles. The van der Waals surface area contributed by atoms with Gasteiger partial charge < -0.3 is 10.4 Å². The molecule has 1 aromatic carbocycles. The van der Waals surface area contributed by atoms with Crippen LogP contribution in [0.5, 0.6) is 0 Å². The number of hydrogen-bond acceptors (Lipinski definition) is 2. The fraction of sp³-hybridized carbons (Fsp3) is 0.500. The Hall–Kier alpha value is -1.35. The Kier molecular flexibility index (Phi) is 3.79. The van der Waals surface area contributed by atoms with Gasteiger partial charge in [-0.3, -0.25) is 4.79 Å². The van der Waals surface area contributed by atoms with Crippen molar-refractivity contribution in [3.05, 3.63) is 29.8 Å². The largest absolute Gasteiger partial charge is 0.393 e. The number of amides is 1. The van der Waals surface area contributed by atoms with Gasteiger partial charge in [0.25, 0.3) is 0 Å². The maximum absolute atomic E-state index is 10.9. The summed E-state index contributed by atoms with van der Waals surface area (Å²) < 4.78 is 0. The van der Waals surface area contributed by atoms with Crippen molar-refractivity contribution >= 4 is 11.6 Å². The number of carbonyl (C=O) groups excluding carboxylic acids is 1. The van der Waals surface area contributed by atoms with E-state index in [1.54, 1.807) is 0 Å². The Bertz CT molecular complexity index is 382. The quantitative estimate of drug-likeness (QED) is 0.820. The zero-order valence-corrected chi connectivity index (χ0v) is 10.1. The Labute approximate surface area is 102 Å². The molecule has 2 N–H and O–H groups in total. The molecule has 0 bridgehead atoms.